The molecule has 0 atom stereocenters. The number of amides is 1. The molecule has 3 aromatic rings. The van der Waals surface area contributed by atoms with Crippen LogP contribution in [0.3, 0.4) is 0 Å². The number of morpholine rings is 1. The molecule has 1 aliphatic rings. The van der Waals surface area contributed by atoms with Crippen molar-refractivity contribution in [2.75, 3.05) is 31.6 Å². The summed E-state index contributed by atoms with van der Waals surface area (Å²) in [7, 11) is 0. The second-order valence-corrected chi connectivity index (χ2v) is 6.70. The lowest BCUT2D eigenvalue weighted by molar-refractivity contribution is 0.0342. The number of benzene rings is 2. The molecule has 1 aromatic heterocycles. The summed E-state index contributed by atoms with van der Waals surface area (Å²) in [6, 6.07) is 11.2. The summed E-state index contributed by atoms with van der Waals surface area (Å²) in [5, 5.41) is 11.3. The molecule has 0 aliphatic carbocycles. The first-order valence-electron chi connectivity index (χ1n) is 8.53. The number of halogens is 1. The number of aromatic amines is 1. The van der Waals surface area contributed by atoms with Crippen molar-refractivity contribution in [2.24, 2.45) is 0 Å². The van der Waals surface area contributed by atoms with E-state index in [2.05, 4.69) is 20.4 Å². The molecule has 4 rings (SSSR count). The molecule has 7 heteroatoms. The van der Waals surface area contributed by atoms with E-state index in [-0.39, 0.29) is 5.91 Å². The molecule has 2 aromatic carbocycles. The normalized spacial score (nSPS) is 15.3. The SMILES string of the molecule is O=C(Nc1ccc(CN2CCOCC2)c(Cl)c1)c1cccc2cn[nH]c12. The molecule has 1 amide bonds. The number of hydrogen-bond acceptors (Lipinski definition) is 4. The topological polar surface area (TPSA) is 70.2 Å². The highest BCUT2D eigenvalue weighted by atomic mass is 35.5. The van der Waals surface area contributed by atoms with Gasteiger partial charge in [0, 0.05) is 35.7 Å². The van der Waals surface area contributed by atoms with Crippen LogP contribution in [0.1, 0.15) is 15.9 Å². The predicted octanol–water partition coefficient (Wildman–Crippen LogP) is 3.30. The monoisotopic (exact) mass is 370 g/mol. The average Bonchev–Trinajstić information content (AvgIpc) is 3.13. The number of para-hydroxylation sites is 1. The van der Waals surface area contributed by atoms with Gasteiger partial charge in [-0.2, -0.15) is 5.10 Å². The molecule has 0 radical (unpaired) electrons. The minimum atomic E-state index is -0.197. The van der Waals surface area contributed by atoms with Crippen molar-refractivity contribution >= 4 is 34.1 Å². The predicted molar refractivity (Wildman–Crippen MR) is 102 cm³/mol. The van der Waals surface area contributed by atoms with Crippen LogP contribution in [0.15, 0.2) is 42.6 Å². The molecule has 2 N–H and O–H groups in total. The van der Waals surface area contributed by atoms with Crippen LogP contribution in [-0.4, -0.2) is 47.3 Å². The van der Waals surface area contributed by atoms with Crippen LogP contribution in [0.5, 0.6) is 0 Å². The molecule has 6 nitrogen and oxygen atoms in total. The summed E-state index contributed by atoms with van der Waals surface area (Å²) in [6.07, 6.45) is 1.70. The fourth-order valence-electron chi connectivity index (χ4n) is 3.11. The zero-order chi connectivity index (χ0) is 17.9. The van der Waals surface area contributed by atoms with Crippen LogP contribution in [0.25, 0.3) is 10.9 Å². The van der Waals surface area contributed by atoms with Crippen LogP contribution < -0.4 is 5.32 Å². The maximum absolute atomic E-state index is 12.6. The van der Waals surface area contributed by atoms with Crippen LogP contribution in [0.4, 0.5) is 5.69 Å². The second kappa shape index (κ2) is 7.45. The van der Waals surface area contributed by atoms with Gasteiger partial charge in [0.1, 0.15) is 0 Å². The number of carbonyl (C=O) groups excluding carboxylic acids is 1. The van der Waals surface area contributed by atoms with Gasteiger partial charge in [0.2, 0.25) is 0 Å². The van der Waals surface area contributed by atoms with Gasteiger partial charge in [-0.25, -0.2) is 0 Å². The number of carbonyl (C=O) groups is 1. The van der Waals surface area contributed by atoms with Gasteiger partial charge in [0.15, 0.2) is 0 Å². The first-order chi connectivity index (χ1) is 12.7. The molecule has 0 unspecified atom stereocenters. The molecular weight excluding hydrogens is 352 g/mol. The van der Waals surface area contributed by atoms with E-state index in [1.54, 1.807) is 18.3 Å². The number of ether oxygens (including phenoxy) is 1. The number of rotatable bonds is 4. The van der Waals surface area contributed by atoms with E-state index in [4.69, 9.17) is 16.3 Å². The summed E-state index contributed by atoms with van der Waals surface area (Å²) < 4.78 is 5.37. The van der Waals surface area contributed by atoms with Crippen LogP contribution in [0, 0.1) is 0 Å². The standard InChI is InChI=1S/C19H19ClN4O2/c20-17-10-15(5-4-14(17)12-24-6-8-26-9-7-24)22-19(25)16-3-1-2-13-11-21-23-18(13)16/h1-5,10-11H,6-9,12H2,(H,21,23)(H,22,25). The van der Waals surface area contributed by atoms with E-state index in [1.807, 2.05) is 24.3 Å². The Morgan fingerprint density at radius 3 is 2.92 bits per heavy atom. The van der Waals surface area contributed by atoms with Gasteiger partial charge < -0.3 is 10.1 Å². The van der Waals surface area contributed by atoms with Gasteiger partial charge in [0.25, 0.3) is 5.91 Å². The molecule has 2 heterocycles. The van der Waals surface area contributed by atoms with Crippen molar-refractivity contribution in [3.8, 4) is 0 Å². The third-order valence-electron chi connectivity index (χ3n) is 4.53. The zero-order valence-electron chi connectivity index (χ0n) is 14.2. The van der Waals surface area contributed by atoms with Crippen molar-refractivity contribution < 1.29 is 9.53 Å². The Kier molecular flexibility index (Phi) is 4.88. The Labute approximate surface area is 156 Å². The van der Waals surface area contributed by atoms with E-state index in [9.17, 15) is 4.79 Å². The van der Waals surface area contributed by atoms with E-state index < -0.39 is 0 Å². The summed E-state index contributed by atoms with van der Waals surface area (Å²) in [5.41, 5.74) is 2.98. The highest BCUT2D eigenvalue weighted by Crippen LogP contribution is 2.24. The van der Waals surface area contributed by atoms with Crippen molar-refractivity contribution in [2.45, 2.75) is 6.54 Å². The number of nitrogens with zero attached hydrogens (tertiary/aromatic N) is 2. The fourth-order valence-corrected chi connectivity index (χ4v) is 3.35. The lowest BCUT2D eigenvalue weighted by Gasteiger charge is -2.27. The third kappa shape index (κ3) is 3.58. The minimum absolute atomic E-state index is 0.197. The van der Waals surface area contributed by atoms with Crippen LogP contribution >= 0.6 is 11.6 Å². The van der Waals surface area contributed by atoms with Gasteiger partial charge in [-0.15, -0.1) is 0 Å². The molecule has 1 saturated heterocycles. The number of fused-ring (bicyclic) bond motifs is 1. The molecule has 1 fully saturated rings. The number of nitrogens with one attached hydrogen (secondary N) is 2. The number of H-pyrrole nitrogens is 1. The highest BCUT2D eigenvalue weighted by molar-refractivity contribution is 6.31. The smallest absolute Gasteiger partial charge is 0.257 e. The van der Waals surface area contributed by atoms with Gasteiger partial charge >= 0.3 is 0 Å². The lowest BCUT2D eigenvalue weighted by Crippen LogP contribution is -2.35. The van der Waals surface area contributed by atoms with E-state index in [1.165, 1.54) is 0 Å². The van der Waals surface area contributed by atoms with E-state index >= 15 is 0 Å². The maximum Gasteiger partial charge on any atom is 0.257 e. The number of anilines is 1. The molecule has 134 valence electrons. The molecule has 0 saturated carbocycles. The van der Waals surface area contributed by atoms with Gasteiger partial charge in [-0.3, -0.25) is 14.8 Å². The number of hydrogen-bond donors (Lipinski definition) is 2. The summed E-state index contributed by atoms with van der Waals surface area (Å²) in [5.74, 6) is -0.197. The van der Waals surface area contributed by atoms with E-state index in [0.717, 1.165) is 49.3 Å². The minimum Gasteiger partial charge on any atom is -0.379 e. The van der Waals surface area contributed by atoms with Crippen LogP contribution in [-0.2, 0) is 11.3 Å². The van der Waals surface area contributed by atoms with Gasteiger partial charge in [-0.05, 0) is 23.8 Å². The molecule has 1 aliphatic heterocycles. The van der Waals surface area contributed by atoms with Crippen LogP contribution in [0.2, 0.25) is 5.02 Å². The largest absolute Gasteiger partial charge is 0.379 e. The molecule has 26 heavy (non-hydrogen) atoms. The lowest BCUT2D eigenvalue weighted by atomic mass is 10.1. The van der Waals surface area contributed by atoms with Crippen molar-refractivity contribution in [3.63, 3.8) is 0 Å². The maximum atomic E-state index is 12.6. The zero-order valence-corrected chi connectivity index (χ0v) is 14.9. The van der Waals surface area contributed by atoms with Crippen molar-refractivity contribution in [1.29, 1.82) is 0 Å². The Morgan fingerprint density at radius 2 is 2.12 bits per heavy atom. The Balaban J connectivity index is 1.49. The molecular formula is C19H19ClN4O2. The van der Waals surface area contributed by atoms with Gasteiger partial charge in [-0.1, -0.05) is 29.8 Å². The Bertz CT molecular complexity index is 934. The second-order valence-electron chi connectivity index (χ2n) is 6.29. The highest BCUT2D eigenvalue weighted by Gasteiger charge is 2.14. The van der Waals surface area contributed by atoms with Gasteiger partial charge in [0.05, 0.1) is 30.5 Å². The third-order valence-corrected chi connectivity index (χ3v) is 4.88. The number of aromatic nitrogens is 2. The molecule has 0 bridgehead atoms. The first kappa shape index (κ1) is 17.0. The Morgan fingerprint density at radius 1 is 1.27 bits per heavy atom. The summed E-state index contributed by atoms with van der Waals surface area (Å²) in [4.78, 5) is 14.9. The molecule has 0 spiro atoms. The van der Waals surface area contributed by atoms with E-state index in [0.29, 0.717) is 16.3 Å². The fraction of sp³-hybridized carbons (Fsp3) is 0.263. The summed E-state index contributed by atoms with van der Waals surface area (Å²) >= 11 is 6.43. The average molecular weight is 371 g/mol. The van der Waals surface area contributed by atoms with Crippen molar-refractivity contribution in [1.82, 2.24) is 15.1 Å². The first-order valence-corrected chi connectivity index (χ1v) is 8.90. The quantitative estimate of drug-likeness (QED) is 0.739. The Hall–Kier alpha value is -2.41. The van der Waals surface area contributed by atoms with Crippen molar-refractivity contribution in [3.05, 3.63) is 58.7 Å². The summed E-state index contributed by atoms with van der Waals surface area (Å²) in [6.45, 7) is 4.10.